The highest BCUT2D eigenvalue weighted by atomic mass is 16.8. The van der Waals surface area contributed by atoms with Crippen LogP contribution in [0.5, 0.6) is 0 Å². The Bertz CT molecular complexity index is 190. The summed E-state index contributed by atoms with van der Waals surface area (Å²) in [7, 11) is 0. The summed E-state index contributed by atoms with van der Waals surface area (Å²) in [4.78, 5) is 0. The second-order valence-corrected chi connectivity index (χ2v) is 3.58. The molecule has 2 heterocycles. The number of ether oxygens (including phenoxy) is 3. The molecule has 4 heteroatoms. The lowest BCUT2D eigenvalue weighted by molar-refractivity contribution is -0.226. The van der Waals surface area contributed by atoms with Crippen molar-refractivity contribution < 1.29 is 19.3 Å². The minimum absolute atomic E-state index is 0.0881. The highest BCUT2D eigenvalue weighted by Gasteiger charge is 2.52. The maximum atomic E-state index is 9.40. The summed E-state index contributed by atoms with van der Waals surface area (Å²) in [5, 5.41) is 9.40. The maximum absolute atomic E-state index is 9.40. The Morgan fingerprint density at radius 1 is 1.31 bits per heavy atom. The Morgan fingerprint density at radius 3 is 2.54 bits per heavy atom. The van der Waals surface area contributed by atoms with Crippen molar-refractivity contribution in [3.05, 3.63) is 0 Å². The third-order valence-electron chi connectivity index (χ3n) is 2.87. The molecular formula is C9H16O4. The molecule has 0 aliphatic carbocycles. The molecule has 76 valence electrons. The summed E-state index contributed by atoms with van der Waals surface area (Å²) in [5.74, 6) is -0.486. The molecule has 2 saturated heterocycles. The predicted octanol–water partition coefficient (Wildman–Crippen LogP) is 0.635. The number of aliphatic hydroxyl groups excluding tert-OH is 1. The molecule has 2 aliphatic heterocycles. The fourth-order valence-electron chi connectivity index (χ4n) is 1.94. The zero-order valence-electron chi connectivity index (χ0n) is 8.03. The monoisotopic (exact) mass is 188 g/mol. The van der Waals surface area contributed by atoms with Gasteiger partial charge >= 0.3 is 0 Å². The van der Waals surface area contributed by atoms with E-state index in [1.54, 1.807) is 0 Å². The lowest BCUT2D eigenvalue weighted by Crippen LogP contribution is -2.32. The molecule has 2 fully saturated rings. The molecule has 2 aliphatic rings. The SMILES string of the molecule is CCC1(CC)O[C@@H]2COC(O)[C@@H]2O1. The van der Waals surface area contributed by atoms with Gasteiger partial charge in [-0.25, -0.2) is 0 Å². The lowest BCUT2D eigenvalue weighted by Gasteiger charge is -2.26. The number of hydrogen-bond acceptors (Lipinski definition) is 4. The van der Waals surface area contributed by atoms with E-state index in [2.05, 4.69) is 0 Å². The third-order valence-corrected chi connectivity index (χ3v) is 2.87. The molecule has 0 saturated carbocycles. The van der Waals surface area contributed by atoms with Gasteiger partial charge in [0.1, 0.15) is 12.2 Å². The van der Waals surface area contributed by atoms with E-state index in [1.165, 1.54) is 0 Å². The smallest absolute Gasteiger partial charge is 0.184 e. The van der Waals surface area contributed by atoms with Crippen molar-refractivity contribution in [3.8, 4) is 0 Å². The van der Waals surface area contributed by atoms with Gasteiger partial charge in [0.2, 0.25) is 0 Å². The van der Waals surface area contributed by atoms with Crippen molar-refractivity contribution in [2.75, 3.05) is 6.61 Å². The van der Waals surface area contributed by atoms with Crippen molar-refractivity contribution >= 4 is 0 Å². The summed E-state index contributed by atoms with van der Waals surface area (Å²) in [5.41, 5.74) is 0. The van der Waals surface area contributed by atoms with Crippen LogP contribution in [0.2, 0.25) is 0 Å². The number of aliphatic hydroxyl groups is 1. The summed E-state index contributed by atoms with van der Waals surface area (Å²) in [6.45, 7) is 4.49. The second kappa shape index (κ2) is 3.20. The van der Waals surface area contributed by atoms with Crippen LogP contribution in [0.4, 0.5) is 0 Å². The largest absolute Gasteiger partial charge is 0.366 e. The summed E-state index contributed by atoms with van der Waals surface area (Å²) < 4.78 is 16.4. The van der Waals surface area contributed by atoms with E-state index in [0.717, 1.165) is 12.8 Å². The Kier molecular flexibility index (Phi) is 2.32. The van der Waals surface area contributed by atoms with Gasteiger partial charge in [-0.15, -0.1) is 0 Å². The lowest BCUT2D eigenvalue weighted by atomic mass is 10.1. The quantitative estimate of drug-likeness (QED) is 0.690. The van der Waals surface area contributed by atoms with E-state index in [9.17, 15) is 5.11 Å². The Hall–Kier alpha value is -0.160. The van der Waals surface area contributed by atoms with Gasteiger partial charge in [0.15, 0.2) is 12.1 Å². The average molecular weight is 188 g/mol. The van der Waals surface area contributed by atoms with Crippen LogP contribution in [0.25, 0.3) is 0 Å². The molecule has 0 aromatic carbocycles. The zero-order valence-corrected chi connectivity index (χ0v) is 8.03. The summed E-state index contributed by atoms with van der Waals surface area (Å²) in [6, 6.07) is 0. The fraction of sp³-hybridized carbons (Fsp3) is 1.00. The molecule has 0 spiro atoms. The highest BCUT2D eigenvalue weighted by Crippen LogP contribution is 2.38. The first-order valence-electron chi connectivity index (χ1n) is 4.86. The second-order valence-electron chi connectivity index (χ2n) is 3.58. The number of fused-ring (bicyclic) bond motifs is 1. The van der Waals surface area contributed by atoms with Crippen molar-refractivity contribution in [2.24, 2.45) is 0 Å². The van der Waals surface area contributed by atoms with Gasteiger partial charge in [-0.05, 0) is 12.8 Å². The third kappa shape index (κ3) is 1.38. The van der Waals surface area contributed by atoms with Crippen molar-refractivity contribution in [1.29, 1.82) is 0 Å². The Balaban J connectivity index is 2.08. The minimum Gasteiger partial charge on any atom is -0.366 e. The molecule has 4 nitrogen and oxygen atoms in total. The highest BCUT2D eigenvalue weighted by molar-refractivity contribution is 4.90. The van der Waals surface area contributed by atoms with E-state index in [-0.39, 0.29) is 12.2 Å². The molecule has 3 atom stereocenters. The molecule has 0 aromatic rings. The van der Waals surface area contributed by atoms with Crippen LogP contribution in [-0.2, 0) is 14.2 Å². The first kappa shape index (κ1) is 9.40. The molecule has 1 unspecified atom stereocenters. The van der Waals surface area contributed by atoms with Crippen molar-refractivity contribution in [1.82, 2.24) is 0 Å². The summed E-state index contributed by atoms with van der Waals surface area (Å²) >= 11 is 0. The molecule has 0 bridgehead atoms. The van der Waals surface area contributed by atoms with Crippen LogP contribution in [0.3, 0.4) is 0 Å². The van der Waals surface area contributed by atoms with Gasteiger partial charge < -0.3 is 19.3 Å². The molecular weight excluding hydrogens is 172 g/mol. The normalized spacial score (nSPS) is 42.2. The molecule has 2 rings (SSSR count). The van der Waals surface area contributed by atoms with Gasteiger partial charge in [-0.2, -0.15) is 0 Å². The average Bonchev–Trinajstić information content (AvgIpc) is 2.67. The van der Waals surface area contributed by atoms with E-state index in [0.29, 0.717) is 6.61 Å². The van der Waals surface area contributed by atoms with Crippen LogP contribution >= 0.6 is 0 Å². The zero-order chi connectivity index (χ0) is 9.47. The van der Waals surface area contributed by atoms with Gasteiger partial charge in [-0.3, -0.25) is 0 Å². The Morgan fingerprint density at radius 2 is 2.00 bits per heavy atom. The number of hydrogen-bond donors (Lipinski definition) is 1. The molecule has 1 N–H and O–H groups in total. The van der Waals surface area contributed by atoms with Crippen LogP contribution in [0.1, 0.15) is 26.7 Å². The van der Waals surface area contributed by atoms with E-state index in [1.807, 2.05) is 13.8 Å². The van der Waals surface area contributed by atoms with E-state index < -0.39 is 12.1 Å². The first-order chi connectivity index (χ1) is 6.21. The first-order valence-corrected chi connectivity index (χ1v) is 4.86. The van der Waals surface area contributed by atoms with Crippen LogP contribution in [-0.4, -0.2) is 36.0 Å². The molecule has 0 aromatic heterocycles. The fourth-order valence-corrected chi connectivity index (χ4v) is 1.94. The van der Waals surface area contributed by atoms with Gasteiger partial charge in [0.25, 0.3) is 0 Å². The molecule has 0 amide bonds. The Labute approximate surface area is 77.8 Å². The molecule has 0 radical (unpaired) electrons. The van der Waals surface area contributed by atoms with Crippen LogP contribution < -0.4 is 0 Å². The van der Waals surface area contributed by atoms with Crippen LogP contribution in [0.15, 0.2) is 0 Å². The van der Waals surface area contributed by atoms with Crippen molar-refractivity contribution in [2.45, 2.75) is 51.0 Å². The van der Waals surface area contributed by atoms with Gasteiger partial charge in [-0.1, -0.05) is 13.8 Å². The standard InChI is InChI=1S/C9H16O4/c1-3-9(4-2)12-6-5-11-8(10)7(6)13-9/h6-8,10H,3-5H2,1-2H3/t6-,7-,8?/m1/s1. The molecule has 13 heavy (non-hydrogen) atoms. The summed E-state index contributed by atoms with van der Waals surface area (Å²) in [6.07, 6.45) is 0.423. The maximum Gasteiger partial charge on any atom is 0.184 e. The number of rotatable bonds is 2. The predicted molar refractivity (Wildman–Crippen MR) is 45.0 cm³/mol. The van der Waals surface area contributed by atoms with Gasteiger partial charge in [0.05, 0.1) is 6.61 Å². The topological polar surface area (TPSA) is 47.9 Å². The van der Waals surface area contributed by atoms with E-state index in [4.69, 9.17) is 14.2 Å². The van der Waals surface area contributed by atoms with Crippen molar-refractivity contribution in [3.63, 3.8) is 0 Å². The van der Waals surface area contributed by atoms with Crippen LogP contribution in [0, 0.1) is 0 Å². The van der Waals surface area contributed by atoms with E-state index >= 15 is 0 Å². The van der Waals surface area contributed by atoms with Gasteiger partial charge in [0, 0.05) is 0 Å². The minimum atomic E-state index is -0.815.